The normalized spacial score (nSPS) is 18.4. The Morgan fingerprint density at radius 2 is 2.00 bits per heavy atom. The Bertz CT molecular complexity index is 745. The number of phenols is 1. The molecule has 6 heteroatoms. The van der Waals surface area contributed by atoms with Crippen molar-refractivity contribution in [3.05, 3.63) is 52.8 Å². The van der Waals surface area contributed by atoms with E-state index in [1.165, 1.54) is 11.8 Å². The predicted molar refractivity (Wildman–Crippen MR) is 82.4 cm³/mol. The van der Waals surface area contributed by atoms with E-state index in [9.17, 15) is 9.90 Å². The van der Waals surface area contributed by atoms with Crippen molar-refractivity contribution in [2.45, 2.75) is 6.92 Å². The number of amides is 1. The maximum Gasteiger partial charge on any atom is 0.264 e. The molecule has 0 saturated carbocycles. The first-order chi connectivity index (χ1) is 10.1. The molecule has 1 aromatic carbocycles. The molecule has 1 aliphatic rings. The van der Waals surface area contributed by atoms with Gasteiger partial charge >= 0.3 is 0 Å². The highest BCUT2D eigenvalue weighted by molar-refractivity contribution is 8.18. The van der Waals surface area contributed by atoms with Crippen LogP contribution in [0.2, 0.25) is 0 Å². The van der Waals surface area contributed by atoms with Crippen molar-refractivity contribution in [3.63, 3.8) is 0 Å². The number of rotatable bonds is 2. The number of aryl methyl sites for hydroxylation is 1. The fourth-order valence-corrected chi connectivity index (χ4v) is 2.61. The summed E-state index contributed by atoms with van der Waals surface area (Å²) in [6, 6.07) is 10.1. The van der Waals surface area contributed by atoms with Crippen LogP contribution in [0, 0.1) is 6.92 Å². The summed E-state index contributed by atoms with van der Waals surface area (Å²) in [5.74, 6) is 1.40. The Morgan fingerprint density at radius 3 is 2.67 bits per heavy atom. The minimum atomic E-state index is -0.202. The molecule has 2 N–H and O–H groups in total. The van der Waals surface area contributed by atoms with Gasteiger partial charge < -0.3 is 14.8 Å². The SMILES string of the molecule is Cc1ccc(/C=C2\SC(=Nc3ccc(O)cc3)NC2=O)o1. The lowest BCUT2D eigenvalue weighted by Crippen LogP contribution is -2.19. The van der Waals surface area contributed by atoms with Gasteiger partial charge in [0, 0.05) is 6.08 Å². The molecule has 0 spiro atoms. The van der Waals surface area contributed by atoms with Crippen LogP contribution in [0.15, 0.2) is 50.7 Å². The van der Waals surface area contributed by atoms with E-state index in [2.05, 4.69) is 10.3 Å². The number of benzene rings is 1. The van der Waals surface area contributed by atoms with Crippen molar-refractivity contribution >= 4 is 34.6 Å². The Balaban J connectivity index is 1.81. The zero-order valence-corrected chi connectivity index (χ0v) is 12.0. The van der Waals surface area contributed by atoms with Crippen molar-refractivity contribution in [2.75, 3.05) is 0 Å². The molecule has 1 saturated heterocycles. The average Bonchev–Trinajstić information content (AvgIpc) is 3.00. The van der Waals surface area contributed by atoms with Crippen LogP contribution in [0.3, 0.4) is 0 Å². The van der Waals surface area contributed by atoms with Crippen LogP contribution in [-0.4, -0.2) is 16.2 Å². The molecule has 2 heterocycles. The summed E-state index contributed by atoms with van der Waals surface area (Å²) < 4.78 is 5.42. The second kappa shape index (κ2) is 5.49. The Hall–Kier alpha value is -2.47. The van der Waals surface area contributed by atoms with Gasteiger partial charge in [0.25, 0.3) is 5.91 Å². The number of thioether (sulfide) groups is 1. The minimum Gasteiger partial charge on any atom is -0.508 e. The number of aliphatic imine (C=N–C) groups is 1. The fraction of sp³-hybridized carbons (Fsp3) is 0.0667. The Labute approximate surface area is 125 Å². The lowest BCUT2D eigenvalue weighted by molar-refractivity contribution is -0.115. The van der Waals surface area contributed by atoms with Crippen molar-refractivity contribution in [3.8, 4) is 5.75 Å². The van der Waals surface area contributed by atoms with Gasteiger partial charge in [0.2, 0.25) is 0 Å². The van der Waals surface area contributed by atoms with Gasteiger partial charge in [-0.3, -0.25) is 4.79 Å². The van der Waals surface area contributed by atoms with Crippen molar-refractivity contribution in [1.29, 1.82) is 0 Å². The molecule has 21 heavy (non-hydrogen) atoms. The predicted octanol–water partition coefficient (Wildman–Crippen LogP) is 3.19. The van der Waals surface area contributed by atoms with Gasteiger partial charge in [0.15, 0.2) is 5.17 Å². The number of furan rings is 1. The van der Waals surface area contributed by atoms with Gasteiger partial charge in [-0.25, -0.2) is 4.99 Å². The highest BCUT2D eigenvalue weighted by Crippen LogP contribution is 2.28. The van der Waals surface area contributed by atoms with Crippen LogP contribution >= 0.6 is 11.8 Å². The molecule has 106 valence electrons. The molecule has 1 fully saturated rings. The molecule has 1 aromatic heterocycles. The molecule has 2 aromatic rings. The van der Waals surface area contributed by atoms with Crippen molar-refractivity contribution < 1.29 is 14.3 Å². The first-order valence-electron chi connectivity index (χ1n) is 6.25. The summed E-state index contributed by atoms with van der Waals surface area (Å²) in [5, 5.41) is 12.4. The number of carbonyl (C=O) groups excluding carboxylic acids is 1. The second-order valence-corrected chi connectivity index (χ2v) is 5.48. The zero-order chi connectivity index (χ0) is 14.8. The summed E-state index contributed by atoms with van der Waals surface area (Å²) >= 11 is 1.25. The van der Waals surface area contributed by atoms with E-state index in [0.29, 0.717) is 21.5 Å². The minimum absolute atomic E-state index is 0.177. The molecule has 0 bridgehead atoms. The Kier molecular flexibility index (Phi) is 3.53. The number of carbonyl (C=O) groups is 1. The molecule has 1 amide bonds. The molecule has 3 rings (SSSR count). The van der Waals surface area contributed by atoms with E-state index in [0.717, 1.165) is 5.76 Å². The van der Waals surface area contributed by atoms with Gasteiger partial charge in [0.1, 0.15) is 17.3 Å². The molecule has 0 atom stereocenters. The number of nitrogens with one attached hydrogen (secondary N) is 1. The zero-order valence-electron chi connectivity index (χ0n) is 11.2. The number of hydrogen-bond donors (Lipinski definition) is 2. The summed E-state index contributed by atoms with van der Waals surface area (Å²) in [5.41, 5.74) is 0.658. The lowest BCUT2D eigenvalue weighted by atomic mass is 10.3. The van der Waals surface area contributed by atoms with E-state index in [1.54, 1.807) is 30.3 Å². The molecule has 5 nitrogen and oxygen atoms in total. The number of hydrogen-bond acceptors (Lipinski definition) is 5. The maximum absolute atomic E-state index is 11.9. The van der Waals surface area contributed by atoms with E-state index in [4.69, 9.17) is 4.42 Å². The monoisotopic (exact) mass is 300 g/mol. The highest BCUT2D eigenvalue weighted by Gasteiger charge is 2.24. The molecule has 0 radical (unpaired) electrons. The quantitative estimate of drug-likeness (QED) is 0.835. The average molecular weight is 300 g/mol. The summed E-state index contributed by atoms with van der Waals surface area (Å²) in [4.78, 5) is 16.7. The lowest BCUT2D eigenvalue weighted by Gasteiger charge is -1.96. The van der Waals surface area contributed by atoms with Gasteiger partial charge in [0.05, 0.1) is 10.6 Å². The van der Waals surface area contributed by atoms with Crippen LogP contribution < -0.4 is 5.32 Å². The van der Waals surface area contributed by atoms with E-state index >= 15 is 0 Å². The summed E-state index contributed by atoms with van der Waals surface area (Å²) in [7, 11) is 0. The maximum atomic E-state index is 11.9. The molecular weight excluding hydrogens is 288 g/mol. The Morgan fingerprint density at radius 1 is 1.24 bits per heavy atom. The smallest absolute Gasteiger partial charge is 0.264 e. The number of aromatic hydroxyl groups is 1. The molecule has 0 unspecified atom stereocenters. The third kappa shape index (κ3) is 3.17. The van der Waals surface area contributed by atoms with E-state index in [1.807, 2.05) is 19.1 Å². The van der Waals surface area contributed by atoms with Crippen LogP contribution in [0.25, 0.3) is 6.08 Å². The van der Waals surface area contributed by atoms with Gasteiger partial charge in [-0.2, -0.15) is 0 Å². The van der Waals surface area contributed by atoms with Crippen LogP contribution in [0.5, 0.6) is 5.75 Å². The van der Waals surface area contributed by atoms with Crippen LogP contribution in [0.4, 0.5) is 5.69 Å². The molecule has 0 aliphatic carbocycles. The first-order valence-corrected chi connectivity index (χ1v) is 7.07. The highest BCUT2D eigenvalue weighted by atomic mass is 32.2. The standard InChI is InChI=1S/C15H12N2O3S/c1-9-2-7-12(20-9)8-13-14(19)17-15(21-13)16-10-3-5-11(18)6-4-10/h2-8,18H,1H3,(H,16,17,19)/b13-8-. The van der Waals surface area contributed by atoms with Gasteiger partial charge in [-0.1, -0.05) is 0 Å². The van der Waals surface area contributed by atoms with E-state index < -0.39 is 0 Å². The third-order valence-electron chi connectivity index (χ3n) is 2.77. The summed E-state index contributed by atoms with van der Waals surface area (Å²) in [6.07, 6.45) is 1.69. The first kappa shape index (κ1) is 13.5. The third-order valence-corrected chi connectivity index (χ3v) is 3.68. The molecule has 1 aliphatic heterocycles. The number of phenolic OH excluding ortho intramolecular Hbond substituents is 1. The van der Waals surface area contributed by atoms with Gasteiger partial charge in [-0.05, 0) is 55.1 Å². The van der Waals surface area contributed by atoms with Crippen molar-refractivity contribution in [2.24, 2.45) is 4.99 Å². The molecular formula is C15H12N2O3S. The fourth-order valence-electron chi connectivity index (χ4n) is 1.79. The van der Waals surface area contributed by atoms with Crippen LogP contribution in [0.1, 0.15) is 11.5 Å². The number of nitrogens with zero attached hydrogens (tertiary/aromatic N) is 1. The van der Waals surface area contributed by atoms with Crippen LogP contribution in [-0.2, 0) is 4.79 Å². The number of amidine groups is 1. The summed E-state index contributed by atoms with van der Waals surface area (Å²) in [6.45, 7) is 1.85. The largest absolute Gasteiger partial charge is 0.508 e. The van der Waals surface area contributed by atoms with Crippen molar-refractivity contribution in [1.82, 2.24) is 5.32 Å². The van der Waals surface area contributed by atoms with E-state index in [-0.39, 0.29) is 11.7 Å². The second-order valence-electron chi connectivity index (χ2n) is 4.45. The van der Waals surface area contributed by atoms with Gasteiger partial charge in [-0.15, -0.1) is 0 Å². The topological polar surface area (TPSA) is 74.8 Å².